The van der Waals surface area contributed by atoms with Gasteiger partial charge in [-0.25, -0.2) is 0 Å². The van der Waals surface area contributed by atoms with Gasteiger partial charge in [-0.1, -0.05) is 42.0 Å². The maximum Gasteiger partial charge on any atom is 0.304 e. The van der Waals surface area contributed by atoms with Gasteiger partial charge in [-0.2, -0.15) is 0 Å². The molecule has 6 fully saturated rings. The molecule has 0 aromatic carbocycles. The summed E-state index contributed by atoms with van der Waals surface area (Å²) in [4.78, 5) is 23.6. The van der Waals surface area contributed by atoms with Crippen LogP contribution in [0.25, 0.3) is 0 Å². The molecule has 0 unspecified atom stereocenters. The minimum Gasteiger partial charge on any atom is -0.445 e. The molecule has 8 aliphatic rings. The third kappa shape index (κ3) is 5.21. The van der Waals surface area contributed by atoms with Crippen molar-refractivity contribution < 1.29 is 24.6 Å². The lowest BCUT2D eigenvalue weighted by atomic mass is 9.49. The molecular formula is C43H57NO5. The van der Waals surface area contributed by atoms with Crippen LogP contribution in [0.4, 0.5) is 0 Å². The molecule has 0 aliphatic heterocycles. The molecule has 6 heteroatoms. The number of aliphatic hydroxyl groups is 1. The van der Waals surface area contributed by atoms with Gasteiger partial charge in [0, 0.05) is 24.2 Å². The molecule has 264 valence electrons. The second-order valence-electron chi connectivity index (χ2n) is 17.4. The number of fused-ring (bicyclic) bond motifs is 10. The molecule has 6 nitrogen and oxygen atoms in total. The molecule has 0 spiro atoms. The van der Waals surface area contributed by atoms with Gasteiger partial charge in [0.15, 0.2) is 11.4 Å². The smallest absolute Gasteiger partial charge is 0.304 e. The number of nitrogens with zero attached hydrogens (tertiary/aromatic N) is 1. The van der Waals surface area contributed by atoms with E-state index in [-0.39, 0.29) is 16.8 Å². The fraction of sp³-hybridized carbons (Fsp3) is 0.744. The van der Waals surface area contributed by atoms with Crippen molar-refractivity contribution in [1.82, 2.24) is 0 Å². The Bertz CT molecular complexity index is 1540. The summed E-state index contributed by atoms with van der Waals surface area (Å²) in [6.45, 7) is 5.95. The van der Waals surface area contributed by atoms with Crippen LogP contribution in [-0.2, 0) is 14.3 Å². The Morgan fingerprint density at radius 1 is 0.837 bits per heavy atom. The first-order chi connectivity index (χ1) is 23.5. The van der Waals surface area contributed by atoms with Gasteiger partial charge in [0.2, 0.25) is 0 Å². The number of oxime groups is 1. The molecule has 6 saturated carbocycles. The molecule has 0 amide bonds. The highest BCUT2D eigenvalue weighted by atomic mass is 16.6. The zero-order chi connectivity index (χ0) is 34.8. The van der Waals surface area contributed by atoms with E-state index in [2.05, 4.69) is 36.9 Å². The molecule has 8 aliphatic carbocycles. The number of carbonyl (C=O) groups is 2. The second kappa shape index (κ2) is 12.7. The lowest BCUT2D eigenvalue weighted by Crippen LogP contribution is -2.55. The van der Waals surface area contributed by atoms with Crippen LogP contribution >= 0.6 is 0 Å². The molecule has 8 rings (SSSR count). The van der Waals surface area contributed by atoms with Crippen molar-refractivity contribution in [1.29, 1.82) is 0 Å². The van der Waals surface area contributed by atoms with Crippen LogP contribution in [-0.4, -0.2) is 39.0 Å². The lowest BCUT2D eigenvalue weighted by Gasteiger charge is -2.56. The standard InChI is InChI=1S/C23H31NO3.C20H26O2/c1-4-22-12-10-19-18-9-7-17(24-26)14-16(18)6-8-20(19)21(22)11-13-23(22,5-2)27-15(3)25;1-3-20(22)11-9-18-17-6-4-13-12-14(21)5-7-15(13)16(17)8-10-19(18,20)2/h2,14,18-21,26H,4,6-13H2,1,3H3;1,12,15-18,22H,4-11H2,2H3/b24-17+;/t18-,19+,20+,21-,22-,23-;15-,16+,17+,18-,19-,20-/m00/s1. The first-order valence-electron chi connectivity index (χ1n) is 19.5. The topological polar surface area (TPSA) is 96.2 Å². The number of rotatable bonds is 2. The summed E-state index contributed by atoms with van der Waals surface area (Å²) in [5.41, 5.74) is 1.95. The number of esters is 1. The van der Waals surface area contributed by atoms with Crippen LogP contribution in [0.2, 0.25) is 0 Å². The number of allylic oxidation sites excluding steroid dienone is 3. The molecule has 0 bridgehead atoms. The Kier molecular flexibility index (Phi) is 9.00. The summed E-state index contributed by atoms with van der Waals surface area (Å²) in [7, 11) is 0. The van der Waals surface area contributed by atoms with E-state index in [9.17, 15) is 14.7 Å². The first kappa shape index (κ1) is 34.6. The van der Waals surface area contributed by atoms with Crippen molar-refractivity contribution in [2.45, 2.75) is 141 Å². The van der Waals surface area contributed by atoms with E-state index >= 15 is 0 Å². The van der Waals surface area contributed by atoms with E-state index < -0.39 is 11.2 Å². The molecule has 49 heavy (non-hydrogen) atoms. The zero-order valence-corrected chi connectivity index (χ0v) is 30.0. The Hall–Kier alpha value is -2.83. The van der Waals surface area contributed by atoms with Crippen molar-refractivity contribution in [3.8, 4) is 24.7 Å². The van der Waals surface area contributed by atoms with E-state index in [1.54, 1.807) is 0 Å². The molecule has 0 heterocycles. The fourth-order valence-corrected chi connectivity index (χ4v) is 13.9. The summed E-state index contributed by atoms with van der Waals surface area (Å²) in [6.07, 6.45) is 33.2. The molecular weight excluding hydrogens is 610 g/mol. The van der Waals surface area contributed by atoms with Crippen LogP contribution in [0.1, 0.15) is 130 Å². The second-order valence-corrected chi connectivity index (χ2v) is 17.4. The molecule has 12 atom stereocenters. The molecule has 0 aromatic heterocycles. The van der Waals surface area contributed by atoms with Crippen molar-refractivity contribution in [3.05, 3.63) is 23.3 Å². The van der Waals surface area contributed by atoms with E-state index in [0.717, 1.165) is 102 Å². The summed E-state index contributed by atoms with van der Waals surface area (Å²) >= 11 is 0. The lowest BCUT2D eigenvalue weighted by molar-refractivity contribution is -0.170. The maximum absolute atomic E-state index is 11.9. The first-order valence-corrected chi connectivity index (χ1v) is 19.5. The van der Waals surface area contributed by atoms with E-state index in [4.69, 9.17) is 22.8 Å². The Balaban J connectivity index is 0.000000157. The van der Waals surface area contributed by atoms with Crippen molar-refractivity contribution >= 4 is 17.5 Å². The number of hydrogen-bond donors (Lipinski definition) is 2. The third-order valence-corrected chi connectivity index (χ3v) is 16.1. The van der Waals surface area contributed by atoms with Gasteiger partial charge in [-0.3, -0.25) is 9.59 Å². The van der Waals surface area contributed by atoms with Crippen LogP contribution < -0.4 is 0 Å². The highest BCUT2D eigenvalue weighted by Crippen LogP contribution is 2.67. The highest BCUT2D eigenvalue weighted by molar-refractivity contribution is 5.96. The van der Waals surface area contributed by atoms with Gasteiger partial charge in [0.05, 0.1) is 5.71 Å². The van der Waals surface area contributed by atoms with Crippen LogP contribution in [0.5, 0.6) is 0 Å². The Morgan fingerprint density at radius 3 is 2.10 bits per heavy atom. The largest absolute Gasteiger partial charge is 0.445 e. The van der Waals surface area contributed by atoms with Gasteiger partial charge in [-0.05, 0) is 162 Å². The van der Waals surface area contributed by atoms with Crippen molar-refractivity contribution in [2.75, 3.05) is 0 Å². The number of ketones is 1. The average Bonchev–Trinajstić information content (AvgIpc) is 3.59. The van der Waals surface area contributed by atoms with Gasteiger partial charge in [0.25, 0.3) is 0 Å². The third-order valence-electron chi connectivity index (χ3n) is 16.1. The predicted molar refractivity (Wildman–Crippen MR) is 190 cm³/mol. The summed E-state index contributed by atoms with van der Waals surface area (Å²) in [6, 6.07) is 0. The molecule has 0 radical (unpaired) electrons. The van der Waals surface area contributed by atoms with Crippen LogP contribution in [0.3, 0.4) is 0 Å². The zero-order valence-electron chi connectivity index (χ0n) is 30.0. The minimum absolute atomic E-state index is 0.0673. The molecule has 0 saturated heterocycles. The number of carbonyl (C=O) groups excluding carboxylic acids is 2. The number of ether oxygens (including phenoxy) is 1. The van der Waals surface area contributed by atoms with Gasteiger partial charge in [0.1, 0.15) is 5.60 Å². The maximum atomic E-state index is 11.9. The van der Waals surface area contributed by atoms with E-state index in [0.29, 0.717) is 53.1 Å². The average molecular weight is 668 g/mol. The highest BCUT2D eigenvalue weighted by Gasteiger charge is 2.66. The van der Waals surface area contributed by atoms with Crippen LogP contribution in [0, 0.1) is 82.9 Å². The van der Waals surface area contributed by atoms with E-state index in [1.165, 1.54) is 30.9 Å². The van der Waals surface area contributed by atoms with E-state index in [1.807, 2.05) is 6.08 Å². The fourth-order valence-electron chi connectivity index (χ4n) is 13.9. The quantitative estimate of drug-likeness (QED) is 0.134. The number of terminal acetylenes is 2. The Labute approximate surface area is 294 Å². The van der Waals surface area contributed by atoms with Crippen molar-refractivity contribution in [2.24, 2.45) is 63.3 Å². The van der Waals surface area contributed by atoms with Gasteiger partial charge >= 0.3 is 5.97 Å². The SMILES string of the molecule is C#C[C@]1(O)CC[C@H]2[C@@H]3CCC4=CC(=O)CC[C@@H]4[C@H]3CC[C@@]21C.C#C[C@]1(OC(C)=O)CC[C@H]2[C@@H]3CCC4=C/C(=N/O)CC[C@@H]4[C@H]3CC[C@@]21CC. The summed E-state index contributed by atoms with van der Waals surface area (Å²) in [5, 5.41) is 23.5. The monoisotopic (exact) mass is 667 g/mol. The molecule has 2 N–H and O–H groups in total. The Morgan fingerprint density at radius 2 is 1.47 bits per heavy atom. The van der Waals surface area contributed by atoms with Gasteiger partial charge < -0.3 is 15.1 Å². The molecule has 0 aromatic rings. The van der Waals surface area contributed by atoms with Crippen LogP contribution in [0.15, 0.2) is 28.5 Å². The van der Waals surface area contributed by atoms with Crippen molar-refractivity contribution in [3.63, 3.8) is 0 Å². The summed E-state index contributed by atoms with van der Waals surface area (Å²) < 4.78 is 5.90. The van der Waals surface area contributed by atoms with Gasteiger partial charge in [-0.15, -0.1) is 12.8 Å². The summed E-state index contributed by atoms with van der Waals surface area (Å²) in [5.74, 6) is 10.9. The number of hydrogen-bond acceptors (Lipinski definition) is 6. The minimum atomic E-state index is -0.902. The normalized spacial score (nSPS) is 47.1. The predicted octanol–water partition coefficient (Wildman–Crippen LogP) is 8.21.